The van der Waals surface area contributed by atoms with Crippen LogP contribution in [0.5, 0.6) is 0 Å². The van der Waals surface area contributed by atoms with Crippen molar-refractivity contribution in [2.24, 2.45) is 0 Å². The number of halogens is 1. The lowest BCUT2D eigenvalue weighted by Gasteiger charge is -2.12. The van der Waals surface area contributed by atoms with Gasteiger partial charge in [-0.1, -0.05) is 24.3 Å². The van der Waals surface area contributed by atoms with Crippen LogP contribution in [0.2, 0.25) is 0 Å². The summed E-state index contributed by atoms with van der Waals surface area (Å²) in [5, 5.41) is 2.88. The Morgan fingerprint density at radius 3 is 2.60 bits per heavy atom. The second-order valence-electron chi connectivity index (χ2n) is 4.93. The number of nitrogens with one attached hydrogen (secondary N) is 1. The van der Waals surface area contributed by atoms with Crippen molar-refractivity contribution in [1.29, 1.82) is 0 Å². The molecule has 1 aromatic heterocycles. The number of pyridine rings is 1. The predicted octanol–water partition coefficient (Wildman–Crippen LogP) is 1.70. The van der Waals surface area contributed by atoms with E-state index in [-0.39, 0.29) is 23.3 Å². The molecule has 1 amide bonds. The van der Waals surface area contributed by atoms with E-state index < -0.39 is 5.82 Å². The van der Waals surface area contributed by atoms with Crippen molar-refractivity contribution < 1.29 is 9.18 Å². The monoisotopic (exact) mass is 271 g/mol. The van der Waals surface area contributed by atoms with Gasteiger partial charge >= 0.3 is 0 Å². The summed E-state index contributed by atoms with van der Waals surface area (Å²) in [6.07, 6.45) is 2.56. The summed E-state index contributed by atoms with van der Waals surface area (Å²) in [5.41, 5.74) is 8.17. The number of nitrogens with two attached hydrogens (primary N) is 1. The number of fused-ring (bicyclic) bond motifs is 1. The standard InChI is InChI=1S/C15H14FN3O/c16-11-7-13(14(17)18-8-11)15(20)19-12-5-9-3-1-2-4-10(9)6-12/h1-4,7-8,12H,5-6H2,(H2,17,18)(H,19,20). The quantitative estimate of drug-likeness (QED) is 0.873. The summed E-state index contributed by atoms with van der Waals surface area (Å²) in [6.45, 7) is 0. The van der Waals surface area contributed by atoms with Crippen LogP contribution in [0.15, 0.2) is 36.5 Å². The molecule has 20 heavy (non-hydrogen) atoms. The molecule has 0 unspecified atom stereocenters. The molecule has 0 atom stereocenters. The first-order chi connectivity index (χ1) is 9.63. The van der Waals surface area contributed by atoms with Gasteiger partial charge in [-0.25, -0.2) is 9.37 Å². The van der Waals surface area contributed by atoms with Crippen molar-refractivity contribution >= 4 is 11.7 Å². The number of amides is 1. The van der Waals surface area contributed by atoms with E-state index >= 15 is 0 Å². The zero-order chi connectivity index (χ0) is 14.1. The molecule has 0 fully saturated rings. The smallest absolute Gasteiger partial charge is 0.255 e. The van der Waals surface area contributed by atoms with Gasteiger partial charge in [-0.3, -0.25) is 4.79 Å². The number of carbonyl (C=O) groups excluding carboxylic acids is 1. The molecule has 1 aromatic carbocycles. The number of anilines is 1. The molecule has 0 bridgehead atoms. The van der Waals surface area contributed by atoms with E-state index in [0.717, 1.165) is 25.1 Å². The van der Waals surface area contributed by atoms with Crippen LogP contribution in [0.1, 0.15) is 21.5 Å². The fraction of sp³-hybridized carbons (Fsp3) is 0.200. The molecule has 3 rings (SSSR count). The summed E-state index contributed by atoms with van der Waals surface area (Å²) in [6, 6.07) is 9.20. The van der Waals surface area contributed by atoms with E-state index in [4.69, 9.17) is 5.73 Å². The number of hydrogen-bond donors (Lipinski definition) is 2. The van der Waals surface area contributed by atoms with Crippen molar-refractivity contribution in [3.63, 3.8) is 0 Å². The largest absolute Gasteiger partial charge is 0.383 e. The highest BCUT2D eigenvalue weighted by Crippen LogP contribution is 2.22. The molecule has 1 heterocycles. The van der Waals surface area contributed by atoms with Gasteiger partial charge in [0.25, 0.3) is 5.91 Å². The molecule has 1 aliphatic carbocycles. The molecule has 4 nitrogen and oxygen atoms in total. The maximum Gasteiger partial charge on any atom is 0.255 e. The first-order valence-corrected chi connectivity index (χ1v) is 6.42. The normalized spacial score (nSPS) is 14.1. The first kappa shape index (κ1) is 12.6. The number of rotatable bonds is 2. The number of nitrogen functional groups attached to an aromatic ring is 1. The van der Waals surface area contributed by atoms with Crippen LogP contribution < -0.4 is 11.1 Å². The third kappa shape index (κ3) is 2.34. The van der Waals surface area contributed by atoms with Crippen molar-refractivity contribution in [2.75, 3.05) is 5.73 Å². The van der Waals surface area contributed by atoms with Gasteiger partial charge in [0.2, 0.25) is 0 Å². The van der Waals surface area contributed by atoms with Crippen LogP contribution in [-0.2, 0) is 12.8 Å². The molecule has 1 aliphatic rings. The van der Waals surface area contributed by atoms with Crippen molar-refractivity contribution in [1.82, 2.24) is 10.3 Å². The number of nitrogens with zero attached hydrogens (tertiary/aromatic N) is 1. The lowest BCUT2D eigenvalue weighted by atomic mass is 10.1. The Bertz CT molecular complexity index is 647. The zero-order valence-corrected chi connectivity index (χ0v) is 10.8. The maximum atomic E-state index is 13.1. The molecule has 2 aromatic rings. The van der Waals surface area contributed by atoms with Crippen LogP contribution in [-0.4, -0.2) is 16.9 Å². The lowest BCUT2D eigenvalue weighted by molar-refractivity contribution is 0.0938. The fourth-order valence-electron chi connectivity index (χ4n) is 2.56. The average Bonchev–Trinajstić information content (AvgIpc) is 2.83. The second kappa shape index (κ2) is 4.92. The van der Waals surface area contributed by atoms with Gasteiger partial charge in [-0.05, 0) is 30.0 Å². The van der Waals surface area contributed by atoms with Gasteiger partial charge in [-0.2, -0.15) is 0 Å². The van der Waals surface area contributed by atoms with Crippen LogP contribution in [0.4, 0.5) is 10.2 Å². The van der Waals surface area contributed by atoms with E-state index in [9.17, 15) is 9.18 Å². The summed E-state index contributed by atoms with van der Waals surface area (Å²) >= 11 is 0. The van der Waals surface area contributed by atoms with Crippen LogP contribution in [0.25, 0.3) is 0 Å². The molecule has 5 heteroatoms. The highest BCUT2D eigenvalue weighted by molar-refractivity contribution is 5.98. The first-order valence-electron chi connectivity index (χ1n) is 6.42. The Morgan fingerprint density at radius 2 is 1.95 bits per heavy atom. The number of carbonyl (C=O) groups is 1. The van der Waals surface area contributed by atoms with Gasteiger partial charge in [-0.15, -0.1) is 0 Å². The summed E-state index contributed by atoms with van der Waals surface area (Å²) in [4.78, 5) is 15.8. The van der Waals surface area contributed by atoms with Gasteiger partial charge < -0.3 is 11.1 Å². The molecule has 0 saturated carbocycles. The Balaban J connectivity index is 1.74. The highest BCUT2D eigenvalue weighted by Gasteiger charge is 2.23. The van der Waals surface area contributed by atoms with Crippen LogP contribution in [0, 0.1) is 5.82 Å². The third-order valence-corrected chi connectivity index (χ3v) is 3.52. The molecule has 0 radical (unpaired) electrons. The van der Waals surface area contributed by atoms with E-state index in [2.05, 4.69) is 22.4 Å². The van der Waals surface area contributed by atoms with Crippen LogP contribution in [0.3, 0.4) is 0 Å². The SMILES string of the molecule is Nc1ncc(F)cc1C(=O)NC1Cc2ccccc2C1. The van der Waals surface area contributed by atoms with E-state index in [1.165, 1.54) is 11.1 Å². The lowest BCUT2D eigenvalue weighted by Crippen LogP contribution is -2.35. The summed E-state index contributed by atoms with van der Waals surface area (Å²) < 4.78 is 13.1. The van der Waals surface area contributed by atoms with Crippen molar-refractivity contribution in [3.8, 4) is 0 Å². The van der Waals surface area contributed by atoms with Crippen LogP contribution >= 0.6 is 0 Å². The third-order valence-electron chi connectivity index (χ3n) is 3.52. The molecule has 0 spiro atoms. The Hall–Kier alpha value is -2.43. The van der Waals surface area contributed by atoms with E-state index in [0.29, 0.717) is 0 Å². The van der Waals surface area contributed by atoms with E-state index in [1.807, 2.05) is 12.1 Å². The van der Waals surface area contributed by atoms with Gasteiger partial charge in [0.1, 0.15) is 11.6 Å². The summed E-state index contributed by atoms with van der Waals surface area (Å²) in [7, 11) is 0. The molecular weight excluding hydrogens is 257 g/mol. The molecule has 0 saturated heterocycles. The minimum Gasteiger partial charge on any atom is -0.383 e. The predicted molar refractivity (Wildman–Crippen MR) is 73.7 cm³/mol. The molecule has 102 valence electrons. The van der Waals surface area contributed by atoms with Gasteiger partial charge in [0.05, 0.1) is 11.8 Å². The maximum absolute atomic E-state index is 13.1. The molecular formula is C15H14FN3O. The van der Waals surface area contributed by atoms with Gasteiger partial charge in [0, 0.05) is 6.04 Å². The topological polar surface area (TPSA) is 68.0 Å². The number of benzene rings is 1. The molecule has 3 N–H and O–H groups in total. The Labute approximate surface area is 115 Å². The number of hydrogen-bond acceptors (Lipinski definition) is 3. The van der Waals surface area contributed by atoms with Crippen molar-refractivity contribution in [3.05, 3.63) is 59.0 Å². The Kier molecular flexibility index (Phi) is 3.10. The second-order valence-corrected chi connectivity index (χ2v) is 4.93. The number of aromatic nitrogens is 1. The molecule has 0 aliphatic heterocycles. The van der Waals surface area contributed by atoms with Gasteiger partial charge in [0.15, 0.2) is 0 Å². The average molecular weight is 271 g/mol. The van der Waals surface area contributed by atoms with Crippen molar-refractivity contribution in [2.45, 2.75) is 18.9 Å². The minimum atomic E-state index is -0.570. The fourth-order valence-corrected chi connectivity index (χ4v) is 2.56. The van der Waals surface area contributed by atoms with E-state index in [1.54, 1.807) is 0 Å². The summed E-state index contributed by atoms with van der Waals surface area (Å²) in [5.74, 6) is -0.911. The highest BCUT2D eigenvalue weighted by atomic mass is 19.1. The Morgan fingerprint density at radius 1 is 1.30 bits per heavy atom. The zero-order valence-electron chi connectivity index (χ0n) is 10.8. The minimum absolute atomic E-state index is 0.0163.